The van der Waals surface area contributed by atoms with E-state index in [4.69, 9.17) is 9.72 Å². The lowest BCUT2D eigenvalue weighted by Gasteiger charge is -2.22. The van der Waals surface area contributed by atoms with E-state index in [1.165, 1.54) is 17.1 Å². The zero-order valence-corrected chi connectivity index (χ0v) is 12.4. The molecule has 2 rings (SSSR count). The number of thiazole rings is 1. The minimum absolute atomic E-state index is 0.282. The average molecular weight is 268 g/mol. The summed E-state index contributed by atoms with van der Waals surface area (Å²) in [6.45, 7) is 8.51. The Balaban J connectivity index is 2.10. The van der Waals surface area contributed by atoms with Crippen LogP contribution < -0.4 is 5.32 Å². The van der Waals surface area contributed by atoms with Crippen molar-refractivity contribution in [1.29, 1.82) is 0 Å². The van der Waals surface area contributed by atoms with E-state index in [1.54, 1.807) is 11.3 Å². The monoisotopic (exact) mass is 268 g/mol. The first kappa shape index (κ1) is 14.0. The third-order valence-corrected chi connectivity index (χ3v) is 4.29. The maximum absolute atomic E-state index is 5.84. The summed E-state index contributed by atoms with van der Waals surface area (Å²) in [6.07, 6.45) is 3.78. The van der Waals surface area contributed by atoms with Gasteiger partial charge in [-0.25, -0.2) is 4.98 Å². The van der Waals surface area contributed by atoms with Crippen molar-refractivity contribution in [2.24, 2.45) is 0 Å². The van der Waals surface area contributed by atoms with Crippen LogP contribution in [0.1, 0.15) is 62.7 Å². The molecule has 1 aliphatic rings. The van der Waals surface area contributed by atoms with Gasteiger partial charge in [0.15, 0.2) is 0 Å². The lowest BCUT2D eigenvalue weighted by atomic mass is 10.1. The highest BCUT2D eigenvalue weighted by molar-refractivity contribution is 7.09. The standard InChI is InChI=1S/C14H24N2OS/c1-4-7-15-13(12-6-5-8-17-12)14-16-11(9-18-14)10(2)3/h9-10,12-13,15H,4-8H2,1-3H3. The zero-order valence-electron chi connectivity index (χ0n) is 11.6. The molecule has 2 heterocycles. The molecule has 4 heteroatoms. The summed E-state index contributed by atoms with van der Waals surface area (Å²) >= 11 is 1.77. The summed E-state index contributed by atoms with van der Waals surface area (Å²) in [6, 6.07) is 0.282. The van der Waals surface area contributed by atoms with Crippen LogP contribution in [0.3, 0.4) is 0 Å². The van der Waals surface area contributed by atoms with Gasteiger partial charge in [-0.1, -0.05) is 20.8 Å². The normalized spacial score (nSPS) is 21.7. The largest absolute Gasteiger partial charge is 0.376 e. The Kier molecular flexibility index (Phi) is 5.15. The lowest BCUT2D eigenvalue weighted by molar-refractivity contribution is 0.0781. The van der Waals surface area contributed by atoms with Crippen LogP contribution in [0.25, 0.3) is 0 Å². The number of ether oxygens (including phenoxy) is 1. The summed E-state index contributed by atoms with van der Waals surface area (Å²) in [7, 11) is 0. The average Bonchev–Trinajstić information content (AvgIpc) is 3.00. The first-order valence-corrected chi connectivity index (χ1v) is 7.90. The maximum Gasteiger partial charge on any atom is 0.113 e. The number of nitrogens with one attached hydrogen (secondary N) is 1. The summed E-state index contributed by atoms with van der Waals surface area (Å²) in [4.78, 5) is 4.78. The van der Waals surface area contributed by atoms with E-state index >= 15 is 0 Å². The van der Waals surface area contributed by atoms with Crippen molar-refractivity contribution >= 4 is 11.3 Å². The fourth-order valence-electron chi connectivity index (χ4n) is 2.25. The van der Waals surface area contributed by atoms with Gasteiger partial charge in [0, 0.05) is 12.0 Å². The molecule has 1 N–H and O–H groups in total. The van der Waals surface area contributed by atoms with Crippen molar-refractivity contribution < 1.29 is 4.74 Å². The van der Waals surface area contributed by atoms with Gasteiger partial charge in [-0.05, 0) is 31.7 Å². The highest BCUT2D eigenvalue weighted by atomic mass is 32.1. The predicted octanol–water partition coefficient (Wildman–Crippen LogP) is 3.49. The second-order valence-corrected chi connectivity index (χ2v) is 6.14. The molecule has 0 spiro atoms. The van der Waals surface area contributed by atoms with Crippen LogP contribution in [0, 0.1) is 0 Å². The summed E-state index contributed by atoms with van der Waals surface area (Å²) in [5, 5.41) is 6.99. The first-order valence-electron chi connectivity index (χ1n) is 7.02. The second-order valence-electron chi connectivity index (χ2n) is 5.25. The Morgan fingerprint density at radius 3 is 2.94 bits per heavy atom. The molecule has 1 saturated heterocycles. The van der Waals surface area contributed by atoms with Gasteiger partial charge >= 0.3 is 0 Å². The van der Waals surface area contributed by atoms with Crippen molar-refractivity contribution in [3.8, 4) is 0 Å². The van der Waals surface area contributed by atoms with Gasteiger partial charge in [0.1, 0.15) is 5.01 Å². The van der Waals surface area contributed by atoms with Crippen molar-refractivity contribution in [3.63, 3.8) is 0 Å². The molecule has 0 bridgehead atoms. The molecule has 1 aromatic rings. The third kappa shape index (κ3) is 3.31. The highest BCUT2D eigenvalue weighted by Crippen LogP contribution is 2.30. The van der Waals surface area contributed by atoms with Crippen molar-refractivity contribution in [2.45, 2.75) is 58.1 Å². The van der Waals surface area contributed by atoms with E-state index in [9.17, 15) is 0 Å². The molecule has 0 aliphatic carbocycles. The van der Waals surface area contributed by atoms with Crippen LogP contribution in [0.15, 0.2) is 5.38 Å². The molecule has 0 amide bonds. The van der Waals surface area contributed by atoms with Gasteiger partial charge in [-0.2, -0.15) is 0 Å². The Hall–Kier alpha value is -0.450. The van der Waals surface area contributed by atoms with E-state index in [0.717, 1.165) is 26.0 Å². The molecule has 18 heavy (non-hydrogen) atoms. The predicted molar refractivity (Wildman–Crippen MR) is 76.2 cm³/mol. The summed E-state index contributed by atoms with van der Waals surface area (Å²) in [5.41, 5.74) is 1.20. The van der Waals surface area contributed by atoms with E-state index < -0.39 is 0 Å². The fraction of sp³-hybridized carbons (Fsp3) is 0.786. The Morgan fingerprint density at radius 1 is 1.56 bits per heavy atom. The summed E-state index contributed by atoms with van der Waals surface area (Å²) in [5.74, 6) is 0.506. The summed E-state index contributed by atoms with van der Waals surface area (Å²) < 4.78 is 5.84. The molecule has 0 radical (unpaired) electrons. The van der Waals surface area contributed by atoms with E-state index in [1.807, 2.05) is 0 Å². The van der Waals surface area contributed by atoms with Gasteiger partial charge in [-0.15, -0.1) is 11.3 Å². The SMILES string of the molecule is CCCNC(c1nc(C(C)C)cs1)C1CCCO1. The number of aromatic nitrogens is 1. The molecule has 0 aromatic carbocycles. The Labute approximate surface area is 114 Å². The lowest BCUT2D eigenvalue weighted by Crippen LogP contribution is -2.32. The minimum atomic E-state index is 0.282. The van der Waals surface area contributed by atoms with Crippen molar-refractivity contribution in [1.82, 2.24) is 10.3 Å². The Morgan fingerprint density at radius 2 is 2.39 bits per heavy atom. The smallest absolute Gasteiger partial charge is 0.113 e. The molecule has 1 aliphatic heterocycles. The van der Waals surface area contributed by atoms with Crippen LogP contribution in [0.2, 0.25) is 0 Å². The molecule has 2 unspecified atom stereocenters. The number of rotatable bonds is 6. The van der Waals surface area contributed by atoms with E-state index in [-0.39, 0.29) is 6.04 Å². The Bertz CT molecular complexity index is 358. The van der Waals surface area contributed by atoms with Crippen LogP contribution in [-0.2, 0) is 4.74 Å². The van der Waals surface area contributed by atoms with Crippen LogP contribution in [0.5, 0.6) is 0 Å². The van der Waals surface area contributed by atoms with Crippen LogP contribution in [-0.4, -0.2) is 24.2 Å². The molecular weight excluding hydrogens is 244 g/mol. The molecular formula is C14H24N2OS. The van der Waals surface area contributed by atoms with Gasteiger partial charge in [0.2, 0.25) is 0 Å². The van der Waals surface area contributed by atoms with Gasteiger partial charge in [0.05, 0.1) is 17.8 Å². The van der Waals surface area contributed by atoms with Gasteiger partial charge in [0.25, 0.3) is 0 Å². The second kappa shape index (κ2) is 6.64. The van der Waals surface area contributed by atoms with Crippen molar-refractivity contribution in [3.05, 3.63) is 16.1 Å². The van der Waals surface area contributed by atoms with Gasteiger partial charge < -0.3 is 10.1 Å². The molecule has 2 atom stereocenters. The fourth-order valence-corrected chi connectivity index (χ4v) is 3.36. The zero-order chi connectivity index (χ0) is 13.0. The molecule has 1 aromatic heterocycles. The van der Waals surface area contributed by atoms with E-state index in [2.05, 4.69) is 31.5 Å². The molecule has 3 nitrogen and oxygen atoms in total. The van der Waals surface area contributed by atoms with Crippen LogP contribution in [0.4, 0.5) is 0 Å². The number of hydrogen-bond donors (Lipinski definition) is 1. The number of nitrogens with zero attached hydrogens (tertiary/aromatic N) is 1. The molecule has 1 fully saturated rings. The van der Waals surface area contributed by atoms with Gasteiger partial charge in [-0.3, -0.25) is 0 Å². The maximum atomic E-state index is 5.84. The molecule has 102 valence electrons. The number of hydrogen-bond acceptors (Lipinski definition) is 4. The third-order valence-electron chi connectivity index (χ3n) is 3.35. The van der Waals surface area contributed by atoms with Crippen molar-refractivity contribution in [2.75, 3.05) is 13.2 Å². The minimum Gasteiger partial charge on any atom is -0.376 e. The van der Waals surface area contributed by atoms with E-state index in [0.29, 0.717) is 12.0 Å². The molecule has 0 saturated carbocycles. The quantitative estimate of drug-likeness (QED) is 0.857. The van der Waals surface area contributed by atoms with Crippen LogP contribution >= 0.6 is 11.3 Å². The topological polar surface area (TPSA) is 34.2 Å². The first-order chi connectivity index (χ1) is 8.72. The highest BCUT2D eigenvalue weighted by Gasteiger charge is 2.29.